The zero-order chi connectivity index (χ0) is 12.5. The topological polar surface area (TPSA) is 37.3 Å². The van der Waals surface area contributed by atoms with Crippen LogP contribution in [0.2, 0.25) is 0 Å². The number of hydrogen-bond donors (Lipinski definition) is 1. The normalized spacial score (nSPS) is 13.6. The van der Waals surface area contributed by atoms with Crippen LogP contribution in [0.5, 0.6) is 0 Å². The van der Waals surface area contributed by atoms with Crippen molar-refractivity contribution in [2.45, 2.75) is 12.1 Å². The van der Waals surface area contributed by atoms with Gasteiger partial charge in [0.05, 0.1) is 0 Å². The lowest BCUT2D eigenvalue weighted by molar-refractivity contribution is -0.176. The van der Waals surface area contributed by atoms with E-state index in [1.807, 2.05) is 0 Å². The monoisotopic (exact) mass is 300 g/mol. The molecule has 1 unspecified atom stereocenters. The zero-order valence-electron chi connectivity index (χ0n) is 7.55. The number of hydrogen-bond acceptors (Lipinski definition) is 1. The van der Waals surface area contributed by atoms with E-state index in [1.165, 1.54) is 0 Å². The molecule has 0 aliphatic heterocycles. The van der Waals surface area contributed by atoms with Gasteiger partial charge in [-0.2, -0.15) is 13.2 Å². The van der Waals surface area contributed by atoms with Crippen LogP contribution < -0.4 is 0 Å². The summed E-state index contributed by atoms with van der Waals surface area (Å²) in [4.78, 5) is 10.5. The highest BCUT2D eigenvalue weighted by molar-refractivity contribution is 9.10. The van der Waals surface area contributed by atoms with Crippen LogP contribution in [0.3, 0.4) is 0 Å². The number of carboxylic acid groups (broad SMARTS) is 1. The van der Waals surface area contributed by atoms with Gasteiger partial charge in [0.15, 0.2) is 5.92 Å². The summed E-state index contributed by atoms with van der Waals surface area (Å²) in [6.45, 7) is 0. The Bertz CT molecular complexity index is 416. The van der Waals surface area contributed by atoms with Crippen molar-refractivity contribution in [3.63, 3.8) is 0 Å². The first-order valence-electron chi connectivity index (χ1n) is 3.98. The highest BCUT2D eigenvalue weighted by Crippen LogP contribution is 2.36. The third-order valence-electron chi connectivity index (χ3n) is 1.85. The van der Waals surface area contributed by atoms with Gasteiger partial charge in [0.25, 0.3) is 0 Å². The summed E-state index contributed by atoms with van der Waals surface area (Å²) >= 11 is 2.86. The van der Waals surface area contributed by atoms with Gasteiger partial charge in [-0.1, -0.05) is 22.0 Å². The lowest BCUT2D eigenvalue weighted by Gasteiger charge is -2.16. The fourth-order valence-corrected chi connectivity index (χ4v) is 1.52. The number of alkyl halides is 3. The molecule has 0 bridgehead atoms. The average molecular weight is 301 g/mol. The Morgan fingerprint density at radius 3 is 2.31 bits per heavy atom. The molecule has 0 radical (unpaired) electrons. The molecule has 1 rings (SSSR count). The van der Waals surface area contributed by atoms with E-state index in [-0.39, 0.29) is 4.47 Å². The van der Waals surface area contributed by atoms with E-state index in [0.717, 1.165) is 18.2 Å². The molecule has 16 heavy (non-hydrogen) atoms. The molecule has 88 valence electrons. The molecule has 0 aliphatic carbocycles. The molecule has 0 saturated carbocycles. The second-order valence-electron chi connectivity index (χ2n) is 2.98. The minimum Gasteiger partial charge on any atom is -0.481 e. The SMILES string of the molecule is O=C(O)C(c1ccc(Br)cc1F)C(F)(F)F. The van der Waals surface area contributed by atoms with Crippen molar-refractivity contribution in [3.8, 4) is 0 Å². The van der Waals surface area contributed by atoms with Gasteiger partial charge in [0, 0.05) is 10.0 Å². The number of halogens is 5. The molecule has 0 saturated heterocycles. The Kier molecular flexibility index (Phi) is 3.57. The molecule has 7 heteroatoms. The average Bonchev–Trinajstić information content (AvgIpc) is 2.06. The number of rotatable bonds is 2. The summed E-state index contributed by atoms with van der Waals surface area (Å²) in [5, 5.41) is 8.46. The fourth-order valence-electron chi connectivity index (χ4n) is 1.18. The predicted molar refractivity (Wildman–Crippen MR) is 50.5 cm³/mol. The van der Waals surface area contributed by atoms with Gasteiger partial charge in [0.1, 0.15) is 5.82 Å². The van der Waals surface area contributed by atoms with Crippen LogP contribution >= 0.6 is 15.9 Å². The third kappa shape index (κ3) is 2.72. The molecule has 0 aromatic heterocycles. The van der Waals surface area contributed by atoms with Gasteiger partial charge < -0.3 is 5.11 Å². The van der Waals surface area contributed by atoms with Crippen LogP contribution in [0.1, 0.15) is 11.5 Å². The summed E-state index contributed by atoms with van der Waals surface area (Å²) in [6, 6.07) is 2.74. The fraction of sp³-hybridized carbons (Fsp3) is 0.222. The molecule has 1 aromatic rings. The van der Waals surface area contributed by atoms with Gasteiger partial charge in [0.2, 0.25) is 0 Å². The third-order valence-corrected chi connectivity index (χ3v) is 2.34. The lowest BCUT2D eigenvalue weighted by Crippen LogP contribution is -2.29. The van der Waals surface area contributed by atoms with Crippen molar-refractivity contribution in [1.82, 2.24) is 0 Å². The number of carbonyl (C=O) groups is 1. The Labute approximate surface area is 96.0 Å². The summed E-state index contributed by atoms with van der Waals surface area (Å²) in [5.41, 5.74) is -0.900. The highest BCUT2D eigenvalue weighted by atomic mass is 79.9. The van der Waals surface area contributed by atoms with Gasteiger partial charge in [-0.05, 0) is 12.1 Å². The Morgan fingerprint density at radius 1 is 1.38 bits per heavy atom. The largest absolute Gasteiger partial charge is 0.481 e. The second kappa shape index (κ2) is 4.40. The van der Waals surface area contributed by atoms with Crippen molar-refractivity contribution < 1.29 is 27.5 Å². The smallest absolute Gasteiger partial charge is 0.406 e. The van der Waals surface area contributed by atoms with E-state index in [9.17, 15) is 22.4 Å². The maximum absolute atomic E-state index is 13.2. The Balaban J connectivity index is 3.28. The van der Waals surface area contributed by atoms with E-state index in [2.05, 4.69) is 15.9 Å². The molecule has 1 N–H and O–H groups in total. The van der Waals surface area contributed by atoms with Gasteiger partial charge in [-0.15, -0.1) is 0 Å². The molecule has 0 amide bonds. The van der Waals surface area contributed by atoms with Crippen molar-refractivity contribution >= 4 is 21.9 Å². The molecule has 1 atom stereocenters. The molecule has 0 aliphatic rings. The van der Waals surface area contributed by atoms with Crippen LogP contribution in [-0.4, -0.2) is 17.3 Å². The van der Waals surface area contributed by atoms with Crippen molar-refractivity contribution in [2.75, 3.05) is 0 Å². The zero-order valence-corrected chi connectivity index (χ0v) is 9.14. The summed E-state index contributed by atoms with van der Waals surface area (Å²) in [5.74, 6) is -6.19. The Morgan fingerprint density at radius 2 is 1.94 bits per heavy atom. The van der Waals surface area contributed by atoms with Gasteiger partial charge in [-0.25, -0.2) is 4.39 Å². The first kappa shape index (κ1) is 13.0. The molecule has 2 nitrogen and oxygen atoms in total. The van der Waals surface area contributed by atoms with Crippen LogP contribution in [0.15, 0.2) is 22.7 Å². The minimum absolute atomic E-state index is 0.236. The first-order valence-corrected chi connectivity index (χ1v) is 4.77. The van der Waals surface area contributed by atoms with Crippen LogP contribution in [-0.2, 0) is 4.79 Å². The van der Waals surface area contributed by atoms with Gasteiger partial charge >= 0.3 is 12.1 Å². The second-order valence-corrected chi connectivity index (χ2v) is 3.89. The van der Waals surface area contributed by atoms with Crippen molar-refractivity contribution in [2.24, 2.45) is 0 Å². The molecule has 0 heterocycles. The maximum Gasteiger partial charge on any atom is 0.406 e. The van der Waals surface area contributed by atoms with Crippen LogP contribution in [0, 0.1) is 5.82 Å². The van der Waals surface area contributed by atoms with Gasteiger partial charge in [-0.3, -0.25) is 4.79 Å². The van der Waals surface area contributed by atoms with Crippen molar-refractivity contribution in [3.05, 3.63) is 34.1 Å². The minimum atomic E-state index is -5.03. The predicted octanol–water partition coefficient (Wildman–Crippen LogP) is 3.32. The first-order chi connectivity index (χ1) is 7.23. The Hall–Kier alpha value is -1.11. The van der Waals surface area contributed by atoms with E-state index < -0.39 is 29.4 Å². The number of benzene rings is 1. The maximum atomic E-state index is 13.2. The summed E-state index contributed by atoms with van der Waals surface area (Å²) in [7, 11) is 0. The number of carboxylic acids is 1. The van der Waals surface area contributed by atoms with E-state index in [1.54, 1.807) is 0 Å². The van der Waals surface area contributed by atoms with E-state index in [0.29, 0.717) is 0 Å². The molecular weight excluding hydrogens is 296 g/mol. The summed E-state index contributed by atoms with van der Waals surface area (Å²) in [6.07, 6.45) is -5.03. The van der Waals surface area contributed by atoms with Crippen molar-refractivity contribution in [1.29, 1.82) is 0 Å². The molecular formula is C9H5BrF4O2. The molecule has 0 fully saturated rings. The standard InChI is InChI=1S/C9H5BrF4O2/c10-4-1-2-5(6(11)3-4)7(8(15)16)9(12,13)14/h1-3,7H,(H,15,16). The van der Waals surface area contributed by atoms with Crippen LogP contribution in [0.4, 0.5) is 17.6 Å². The van der Waals surface area contributed by atoms with E-state index >= 15 is 0 Å². The summed E-state index contributed by atoms with van der Waals surface area (Å²) < 4.78 is 50.6. The highest BCUT2D eigenvalue weighted by Gasteiger charge is 2.47. The van der Waals surface area contributed by atoms with Crippen LogP contribution in [0.25, 0.3) is 0 Å². The molecule has 1 aromatic carbocycles. The quantitative estimate of drug-likeness (QED) is 0.851. The number of aliphatic carboxylic acids is 1. The van der Waals surface area contributed by atoms with E-state index in [4.69, 9.17) is 5.11 Å². The molecule has 0 spiro atoms. The lowest BCUT2D eigenvalue weighted by atomic mass is 9.98.